The summed E-state index contributed by atoms with van der Waals surface area (Å²) in [5.41, 5.74) is 0.931. The van der Waals surface area contributed by atoms with Crippen molar-refractivity contribution in [2.24, 2.45) is 0 Å². The Hall–Kier alpha value is -2.39. The molecule has 0 bridgehead atoms. The highest BCUT2D eigenvalue weighted by molar-refractivity contribution is 7.93. The number of halogens is 3. The third kappa shape index (κ3) is 4.05. The number of aryl methyl sites for hydroxylation is 1. The third-order valence-electron chi connectivity index (χ3n) is 3.58. The summed E-state index contributed by atoms with van der Waals surface area (Å²) in [6.45, 7) is 1.56. The predicted molar refractivity (Wildman–Crippen MR) is 93.2 cm³/mol. The van der Waals surface area contributed by atoms with Crippen molar-refractivity contribution < 1.29 is 21.6 Å². The number of hydrogen-bond acceptors (Lipinski definition) is 4. The van der Waals surface area contributed by atoms with Gasteiger partial charge in [0.25, 0.3) is 10.0 Å². The van der Waals surface area contributed by atoms with Gasteiger partial charge in [-0.1, -0.05) is 12.1 Å². The molecule has 1 N–H and O–H groups in total. The van der Waals surface area contributed by atoms with Crippen molar-refractivity contribution in [3.8, 4) is 0 Å². The van der Waals surface area contributed by atoms with E-state index in [1.54, 1.807) is 6.92 Å². The second kappa shape index (κ2) is 7.08. The zero-order valence-corrected chi connectivity index (χ0v) is 15.1. The molecule has 0 spiro atoms. The number of nitrogens with zero attached hydrogens (tertiary/aromatic N) is 1. The maximum Gasteiger partial charge on any atom is 0.264 e. The van der Waals surface area contributed by atoms with Crippen LogP contribution in [-0.2, 0) is 16.4 Å². The molecule has 4 nitrogen and oxygen atoms in total. The molecule has 1 heterocycles. The lowest BCUT2D eigenvalue weighted by molar-refractivity contribution is 0.507. The molecule has 0 radical (unpaired) electrons. The molecule has 0 amide bonds. The van der Waals surface area contributed by atoms with Gasteiger partial charge in [-0.3, -0.25) is 4.72 Å². The molecule has 0 fully saturated rings. The Morgan fingerprint density at radius 1 is 1.08 bits per heavy atom. The quantitative estimate of drug-likeness (QED) is 0.699. The van der Waals surface area contributed by atoms with Gasteiger partial charge in [-0.25, -0.2) is 26.6 Å². The molecule has 3 rings (SSSR count). The van der Waals surface area contributed by atoms with Gasteiger partial charge in [0, 0.05) is 17.5 Å². The topological polar surface area (TPSA) is 59.1 Å². The lowest BCUT2D eigenvalue weighted by Gasteiger charge is -2.08. The van der Waals surface area contributed by atoms with Crippen LogP contribution in [0.5, 0.6) is 0 Å². The number of sulfonamides is 1. The molecular formula is C17H13F3N2O2S2. The van der Waals surface area contributed by atoms with Crippen molar-refractivity contribution in [2.45, 2.75) is 18.2 Å². The molecule has 2 aromatic carbocycles. The number of rotatable bonds is 5. The maximum atomic E-state index is 13.4. The number of nitrogens with one attached hydrogen (secondary N) is 1. The number of benzene rings is 2. The number of thiazole rings is 1. The van der Waals surface area contributed by atoms with Crippen LogP contribution >= 0.6 is 11.3 Å². The van der Waals surface area contributed by atoms with Gasteiger partial charge in [0.2, 0.25) is 0 Å². The Morgan fingerprint density at radius 2 is 1.85 bits per heavy atom. The normalized spacial score (nSPS) is 11.5. The van der Waals surface area contributed by atoms with Gasteiger partial charge < -0.3 is 0 Å². The predicted octanol–water partition coefficient (Wildman–Crippen LogP) is 4.26. The fourth-order valence-corrected chi connectivity index (χ4v) is 4.67. The molecule has 0 aliphatic rings. The van der Waals surface area contributed by atoms with Crippen molar-refractivity contribution >= 4 is 26.5 Å². The Morgan fingerprint density at radius 3 is 2.58 bits per heavy atom. The first kappa shape index (κ1) is 18.4. The van der Waals surface area contributed by atoms with Crippen LogP contribution < -0.4 is 4.72 Å². The Labute approximate surface area is 152 Å². The minimum Gasteiger partial charge on any atom is -0.255 e. The highest BCUT2D eigenvalue weighted by Gasteiger charge is 2.19. The van der Waals surface area contributed by atoms with Gasteiger partial charge in [0.05, 0.1) is 4.90 Å². The van der Waals surface area contributed by atoms with E-state index in [0.29, 0.717) is 16.0 Å². The number of aromatic nitrogens is 1. The Kier molecular flexibility index (Phi) is 5.01. The average Bonchev–Trinajstić information content (AvgIpc) is 2.99. The fourth-order valence-electron chi connectivity index (χ4n) is 2.32. The zero-order valence-electron chi connectivity index (χ0n) is 13.5. The molecular weight excluding hydrogens is 385 g/mol. The summed E-state index contributed by atoms with van der Waals surface area (Å²) in [5.74, 6) is -2.54. The van der Waals surface area contributed by atoms with Crippen molar-refractivity contribution in [2.75, 3.05) is 4.72 Å². The monoisotopic (exact) mass is 398 g/mol. The molecule has 0 aliphatic heterocycles. The first-order valence-corrected chi connectivity index (χ1v) is 9.72. The first-order valence-electron chi connectivity index (χ1n) is 7.42. The highest BCUT2D eigenvalue weighted by atomic mass is 32.2. The molecule has 0 atom stereocenters. The van der Waals surface area contributed by atoms with Crippen LogP contribution in [0.25, 0.3) is 0 Å². The zero-order chi connectivity index (χ0) is 18.9. The van der Waals surface area contributed by atoms with Gasteiger partial charge >= 0.3 is 0 Å². The SMILES string of the molecule is Cc1ccc(F)cc1S(=O)(=O)Nc1ncc(Cc2ccc(F)c(F)c2)s1. The van der Waals surface area contributed by atoms with Crippen molar-refractivity contribution in [1.29, 1.82) is 0 Å². The highest BCUT2D eigenvalue weighted by Crippen LogP contribution is 2.25. The smallest absolute Gasteiger partial charge is 0.255 e. The van der Waals surface area contributed by atoms with Crippen LogP contribution in [0.15, 0.2) is 47.5 Å². The number of hydrogen-bond donors (Lipinski definition) is 1. The Bertz CT molecular complexity index is 1070. The van der Waals surface area contributed by atoms with E-state index < -0.39 is 27.5 Å². The lowest BCUT2D eigenvalue weighted by Crippen LogP contribution is -2.14. The second-order valence-electron chi connectivity index (χ2n) is 5.57. The summed E-state index contributed by atoms with van der Waals surface area (Å²) >= 11 is 1.06. The maximum absolute atomic E-state index is 13.4. The van der Waals surface area contributed by atoms with Crippen LogP contribution in [0.3, 0.4) is 0 Å². The standard InChI is InChI=1S/C17H13F3N2O2S2/c1-10-2-4-12(18)8-16(10)26(23,24)22-17-21-9-13(25-17)6-11-3-5-14(19)15(20)7-11/h2-5,7-9H,6H2,1H3,(H,21,22). The van der Waals surface area contributed by atoms with E-state index in [-0.39, 0.29) is 16.4 Å². The Balaban J connectivity index is 1.79. The van der Waals surface area contributed by atoms with Crippen LogP contribution in [0.4, 0.5) is 18.3 Å². The van der Waals surface area contributed by atoms with Crippen molar-refractivity contribution in [3.63, 3.8) is 0 Å². The molecule has 9 heteroatoms. The van der Waals surface area contributed by atoms with E-state index in [9.17, 15) is 21.6 Å². The van der Waals surface area contributed by atoms with Crippen molar-refractivity contribution in [3.05, 3.63) is 76.1 Å². The second-order valence-corrected chi connectivity index (χ2v) is 8.34. The minimum absolute atomic E-state index is 0.103. The summed E-state index contributed by atoms with van der Waals surface area (Å²) in [7, 11) is -3.99. The summed E-state index contributed by atoms with van der Waals surface area (Å²) in [6.07, 6.45) is 1.72. The molecule has 26 heavy (non-hydrogen) atoms. The van der Waals surface area contributed by atoms with Gasteiger partial charge in [0.1, 0.15) is 5.82 Å². The summed E-state index contributed by atoms with van der Waals surface area (Å²) in [5, 5.41) is 0.103. The average molecular weight is 398 g/mol. The van der Waals surface area contributed by atoms with E-state index >= 15 is 0 Å². The van der Waals surface area contributed by atoms with E-state index in [1.165, 1.54) is 24.4 Å². The van der Waals surface area contributed by atoms with Gasteiger partial charge in [-0.2, -0.15) is 0 Å². The first-order chi connectivity index (χ1) is 12.2. The molecule has 0 saturated carbocycles. The molecule has 1 aromatic heterocycles. The molecule has 3 aromatic rings. The summed E-state index contributed by atoms with van der Waals surface area (Å²) in [6, 6.07) is 7.04. The van der Waals surface area contributed by atoms with Gasteiger partial charge in [0.15, 0.2) is 16.8 Å². The van der Waals surface area contributed by atoms with E-state index in [4.69, 9.17) is 0 Å². The van der Waals surface area contributed by atoms with Crippen LogP contribution in [0, 0.1) is 24.4 Å². The van der Waals surface area contributed by atoms with Gasteiger partial charge in [-0.05, 0) is 42.3 Å². The summed E-state index contributed by atoms with van der Waals surface area (Å²) in [4.78, 5) is 4.47. The van der Waals surface area contributed by atoms with E-state index in [1.807, 2.05) is 0 Å². The van der Waals surface area contributed by atoms with Crippen molar-refractivity contribution in [1.82, 2.24) is 4.98 Å². The van der Waals surface area contributed by atoms with Gasteiger partial charge in [-0.15, -0.1) is 11.3 Å². The largest absolute Gasteiger partial charge is 0.264 e. The molecule has 136 valence electrons. The third-order valence-corrected chi connectivity index (χ3v) is 6.10. The molecule has 0 saturated heterocycles. The van der Waals surface area contributed by atoms with Crippen LogP contribution in [0.1, 0.15) is 16.0 Å². The number of anilines is 1. The van der Waals surface area contributed by atoms with Crippen LogP contribution in [-0.4, -0.2) is 13.4 Å². The molecule has 0 unspecified atom stereocenters. The van der Waals surface area contributed by atoms with E-state index in [0.717, 1.165) is 29.5 Å². The molecule has 0 aliphatic carbocycles. The van der Waals surface area contributed by atoms with E-state index in [2.05, 4.69) is 9.71 Å². The minimum atomic E-state index is -3.99. The lowest BCUT2D eigenvalue weighted by atomic mass is 10.1. The fraction of sp³-hybridized carbons (Fsp3) is 0.118. The summed E-state index contributed by atoms with van der Waals surface area (Å²) < 4.78 is 66.7. The van der Waals surface area contributed by atoms with Crippen LogP contribution in [0.2, 0.25) is 0 Å².